The Bertz CT molecular complexity index is 1260. The molecule has 0 radical (unpaired) electrons. The van der Waals surface area contributed by atoms with E-state index in [1.807, 2.05) is 30.3 Å². The van der Waals surface area contributed by atoms with Crippen LogP contribution in [0.2, 0.25) is 0 Å². The van der Waals surface area contributed by atoms with Gasteiger partial charge in [-0.3, -0.25) is 14.4 Å². The maximum absolute atomic E-state index is 12.6. The van der Waals surface area contributed by atoms with E-state index in [4.69, 9.17) is 14.2 Å². The van der Waals surface area contributed by atoms with Crippen LogP contribution in [0, 0.1) is 0 Å². The van der Waals surface area contributed by atoms with E-state index in [9.17, 15) is 14.4 Å². The molecule has 36 heavy (non-hydrogen) atoms. The first-order valence-corrected chi connectivity index (χ1v) is 12.3. The number of methoxy groups -OCH3 is 1. The van der Waals surface area contributed by atoms with Gasteiger partial charge in [-0.05, 0) is 72.2 Å². The molecule has 1 aliphatic rings. The predicted molar refractivity (Wildman–Crippen MR) is 138 cm³/mol. The number of fused-ring (bicyclic) bond motifs is 1. The van der Waals surface area contributed by atoms with Crippen LogP contribution in [0.25, 0.3) is 21.9 Å². The van der Waals surface area contributed by atoms with Crippen molar-refractivity contribution in [3.63, 3.8) is 0 Å². The number of ether oxygens (including phenoxy) is 3. The van der Waals surface area contributed by atoms with Crippen molar-refractivity contribution < 1.29 is 28.6 Å². The molecule has 0 bridgehead atoms. The molecule has 3 aromatic rings. The highest BCUT2D eigenvalue weighted by atomic mass is 16.5. The number of carbonyl (C=O) groups is 3. The summed E-state index contributed by atoms with van der Waals surface area (Å²) in [6, 6.07) is 18.1. The lowest BCUT2D eigenvalue weighted by Gasteiger charge is -2.22. The summed E-state index contributed by atoms with van der Waals surface area (Å²) in [5.41, 5.74) is 3.12. The molecule has 1 aliphatic carbocycles. The molecule has 1 saturated carbocycles. The van der Waals surface area contributed by atoms with Gasteiger partial charge in [0.1, 0.15) is 0 Å². The minimum atomic E-state index is -0.531. The number of benzene rings is 3. The monoisotopic (exact) mass is 489 g/mol. The van der Waals surface area contributed by atoms with Gasteiger partial charge in [0.25, 0.3) is 5.91 Å². The van der Waals surface area contributed by atoms with Crippen molar-refractivity contribution in [2.75, 3.05) is 19.0 Å². The van der Waals surface area contributed by atoms with E-state index in [0.29, 0.717) is 17.9 Å². The Balaban J connectivity index is 1.79. The fourth-order valence-corrected chi connectivity index (χ4v) is 4.50. The molecule has 1 fully saturated rings. The Hall–Kier alpha value is -3.87. The van der Waals surface area contributed by atoms with Crippen molar-refractivity contribution in [3.05, 3.63) is 60.2 Å². The molecule has 7 heteroatoms. The second-order valence-electron chi connectivity index (χ2n) is 9.01. The van der Waals surface area contributed by atoms with Crippen molar-refractivity contribution in [1.82, 2.24) is 0 Å². The minimum Gasteiger partial charge on any atom is -0.488 e. The maximum Gasteiger partial charge on any atom is 0.305 e. The van der Waals surface area contributed by atoms with Crippen LogP contribution in [0.5, 0.6) is 5.75 Å². The second-order valence-corrected chi connectivity index (χ2v) is 9.01. The molecule has 0 spiro atoms. The third-order valence-electron chi connectivity index (χ3n) is 6.32. The summed E-state index contributed by atoms with van der Waals surface area (Å²) < 4.78 is 16.2. The summed E-state index contributed by atoms with van der Waals surface area (Å²) in [6.45, 7) is 0.864. The molecule has 0 heterocycles. The van der Waals surface area contributed by atoms with Crippen LogP contribution in [0.15, 0.2) is 54.6 Å². The number of hydrogen-bond acceptors (Lipinski definition) is 6. The lowest BCUT2D eigenvalue weighted by atomic mass is 9.96. The topological polar surface area (TPSA) is 90.9 Å². The average molecular weight is 490 g/mol. The molecule has 0 unspecified atom stereocenters. The molecule has 0 aliphatic heterocycles. The highest BCUT2D eigenvalue weighted by Crippen LogP contribution is 2.41. The van der Waals surface area contributed by atoms with Gasteiger partial charge in [0.2, 0.25) is 0 Å². The highest BCUT2D eigenvalue weighted by Gasteiger charge is 2.23. The Morgan fingerprint density at radius 2 is 1.72 bits per heavy atom. The zero-order valence-corrected chi connectivity index (χ0v) is 20.7. The maximum atomic E-state index is 12.6. The van der Waals surface area contributed by atoms with Crippen molar-refractivity contribution in [3.8, 4) is 16.9 Å². The fourth-order valence-electron chi connectivity index (χ4n) is 4.50. The van der Waals surface area contributed by atoms with Crippen LogP contribution in [-0.4, -0.2) is 37.7 Å². The molecule has 188 valence electrons. The lowest BCUT2D eigenvalue weighted by Crippen LogP contribution is -2.21. The summed E-state index contributed by atoms with van der Waals surface area (Å²) in [5.74, 6) is -0.725. The summed E-state index contributed by atoms with van der Waals surface area (Å²) >= 11 is 0. The van der Waals surface area contributed by atoms with Crippen molar-refractivity contribution in [2.24, 2.45) is 0 Å². The van der Waals surface area contributed by atoms with Gasteiger partial charge in [0.15, 0.2) is 12.4 Å². The largest absolute Gasteiger partial charge is 0.488 e. The number of anilines is 1. The predicted octanol–water partition coefficient (Wildman–Crippen LogP) is 5.44. The Kier molecular flexibility index (Phi) is 8.21. The van der Waals surface area contributed by atoms with Crippen LogP contribution >= 0.6 is 0 Å². The number of esters is 2. The van der Waals surface area contributed by atoms with Gasteiger partial charge in [-0.25, -0.2) is 0 Å². The quantitative estimate of drug-likeness (QED) is 0.403. The van der Waals surface area contributed by atoms with Crippen LogP contribution in [0.4, 0.5) is 5.69 Å². The lowest BCUT2D eigenvalue weighted by molar-refractivity contribution is -0.145. The van der Waals surface area contributed by atoms with E-state index in [0.717, 1.165) is 53.1 Å². The number of hydrogen-bond donors (Lipinski definition) is 1. The first-order valence-electron chi connectivity index (χ1n) is 12.3. The summed E-state index contributed by atoms with van der Waals surface area (Å²) in [7, 11) is 1.36. The molecule has 0 saturated heterocycles. The molecule has 3 aromatic carbocycles. The van der Waals surface area contributed by atoms with Gasteiger partial charge >= 0.3 is 11.9 Å². The Morgan fingerprint density at radius 1 is 0.972 bits per heavy atom. The molecule has 4 rings (SSSR count). The van der Waals surface area contributed by atoms with Crippen LogP contribution < -0.4 is 10.1 Å². The molecule has 1 N–H and O–H groups in total. The van der Waals surface area contributed by atoms with Gasteiger partial charge in [-0.1, -0.05) is 36.4 Å². The second kappa shape index (κ2) is 11.7. The highest BCUT2D eigenvalue weighted by molar-refractivity contribution is 5.97. The molecule has 0 aromatic heterocycles. The average Bonchev–Trinajstić information content (AvgIpc) is 3.40. The van der Waals surface area contributed by atoms with Gasteiger partial charge in [-0.15, -0.1) is 0 Å². The van der Waals surface area contributed by atoms with E-state index in [1.54, 1.807) is 0 Å². The number of nitrogens with one attached hydrogen (secondary N) is 1. The smallest absolute Gasteiger partial charge is 0.305 e. The van der Waals surface area contributed by atoms with Crippen LogP contribution in [0.3, 0.4) is 0 Å². The van der Waals surface area contributed by atoms with Crippen molar-refractivity contribution in [1.29, 1.82) is 0 Å². The summed E-state index contributed by atoms with van der Waals surface area (Å²) in [6.07, 6.45) is 4.78. The number of amides is 1. The number of aryl methyl sites for hydroxylation is 1. The molecular weight excluding hydrogens is 458 g/mol. The van der Waals surface area contributed by atoms with E-state index in [1.165, 1.54) is 14.0 Å². The first-order chi connectivity index (χ1) is 17.4. The van der Waals surface area contributed by atoms with Gasteiger partial charge in [0.05, 0.1) is 18.9 Å². The Labute approximate surface area is 210 Å². The van der Waals surface area contributed by atoms with Crippen LogP contribution in [-0.2, 0) is 30.3 Å². The summed E-state index contributed by atoms with van der Waals surface area (Å²) in [5, 5.41) is 5.08. The van der Waals surface area contributed by atoms with Gasteiger partial charge in [0, 0.05) is 18.9 Å². The third-order valence-corrected chi connectivity index (χ3v) is 6.32. The number of carbonyl (C=O) groups excluding carboxylic acids is 3. The molecule has 1 amide bonds. The SMILES string of the molecule is COC(=O)CCc1cc(NC(=O)COC(C)=O)c(OC2CCCC2)c(-c2ccc3ccccc3c2)c1. The molecule has 0 atom stereocenters. The van der Waals surface area contributed by atoms with E-state index in [2.05, 4.69) is 29.6 Å². The Morgan fingerprint density at radius 3 is 2.44 bits per heavy atom. The first kappa shape index (κ1) is 25.2. The van der Waals surface area contributed by atoms with Gasteiger partial charge < -0.3 is 19.5 Å². The fraction of sp³-hybridized carbons (Fsp3) is 0.345. The van der Waals surface area contributed by atoms with Gasteiger partial charge in [-0.2, -0.15) is 0 Å². The van der Waals surface area contributed by atoms with E-state index in [-0.39, 0.29) is 18.5 Å². The minimum absolute atomic E-state index is 0.0502. The normalized spacial score (nSPS) is 13.4. The van der Waals surface area contributed by atoms with Crippen LogP contribution in [0.1, 0.15) is 44.6 Å². The van der Waals surface area contributed by atoms with E-state index >= 15 is 0 Å². The standard InChI is InChI=1S/C29H31NO6/c1-19(31)35-18-27(32)30-26-16-20(11-14-28(33)34-2)15-25(29(26)36-24-9-5-6-10-24)23-13-12-21-7-3-4-8-22(21)17-23/h3-4,7-8,12-13,15-17,24H,5-6,9-11,14,18H2,1-2H3,(H,30,32). The molecular formula is C29H31NO6. The van der Waals surface area contributed by atoms with E-state index < -0.39 is 18.5 Å². The third kappa shape index (κ3) is 6.42. The summed E-state index contributed by atoms with van der Waals surface area (Å²) in [4.78, 5) is 35.7. The molecule has 7 nitrogen and oxygen atoms in total. The number of rotatable bonds is 9. The van der Waals surface area contributed by atoms with Crippen molar-refractivity contribution in [2.45, 2.75) is 51.6 Å². The zero-order chi connectivity index (χ0) is 25.5. The van der Waals surface area contributed by atoms with Crippen molar-refractivity contribution >= 4 is 34.3 Å². The zero-order valence-electron chi connectivity index (χ0n) is 20.7.